The molecule has 0 aromatic heterocycles. The second-order valence-electron chi connectivity index (χ2n) is 7.06. The molecule has 136 valence electrons. The molecule has 1 aliphatic carbocycles. The summed E-state index contributed by atoms with van der Waals surface area (Å²) in [6.45, 7) is 3.94. The fourth-order valence-corrected chi connectivity index (χ4v) is 3.36. The third-order valence-corrected chi connectivity index (χ3v) is 4.85. The van der Waals surface area contributed by atoms with Gasteiger partial charge in [0.2, 0.25) is 0 Å². The lowest BCUT2D eigenvalue weighted by Crippen LogP contribution is -2.34. The van der Waals surface area contributed by atoms with E-state index in [1.807, 2.05) is 24.3 Å². The van der Waals surface area contributed by atoms with Crippen molar-refractivity contribution in [3.63, 3.8) is 0 Å². The van der Waals surface area contributed by atoms with Crippen molar-refractivity contribution in [2.24, 2.45) is 0 Å². The van der Waals surface area contributed by atoms with Gasteiger partial charge < -0.3 is 10.1 Å². The first-order valence-corrected chi connectivity index (χ1v) is 9.19. The minimum absolute atomic E-state index is 0.00326. The molecule has 1 N–H and O–H groups in total. The molecule has 2 aromatic rings. The van der Waals surface area contributed by atoms with Gasteiger partial charge in [-0.3, -0.25) is 4.79 Å². The molecule has 1 amide bonds. The molecule has 26 heavy (non-hydrogen) atoms. The van der Waals surface area contributed by atoms with E-state index in [4.69, 9.17) is 4.74 Å². The largest absolute Gasteiger partial charge is 0.452 e. The average Bonchev–Trinajstić information content (AvgIpc) is 2.66. The minimum Gasteiger partial charge on any atom is -0.452 e. The Balaban J connectivity index is 1.54. The van der Waals surface area contributed by atoms with Crippen LogP contribution in [0.4, 0.5) is 0 Å². The van der Waals surface area contributed by atoms with Crippen LogP contribution in [-0.4, -0.2) is 18.5 Å². The lowest BCUT2D eigenvalue weighted by Gasteiger charge is -2.26. The van der Waals surface area contributed by atoms with Gasteiger partial charge in [-0.1, -0.05) is 50.2 Å². The van der Waals surface area contributed by atoms with Crippen LogP contribution in [0.25, 0.3) is 0 Å². The molecular formula is C22H25NO3. The van der Waals surface area contributed by atoms with Gasteiger partial charge >= 0.3 is 5.97 Å². The Kier molecular flexibility index (Phi) is 5.71. The molecule has 0 bridgehead atoms. The van der Waals surface area contributed by atoms with Crippen LogP contribution in [0.2, 0.25) is 0 Å². The number of benzene rings is 2. The maximum Gasteiger partial charge on any atom is 0.338 e. The summed E-state index contributed by atoms with van der Waals surface area (Å²) in [7, 11) is 0. The average molecular weight is 351 g/mol. The zero-order valence-electron chi connectivity index (χ0n) is 15.3. The van der Waals surface area contributed by atoms with Crippen LogP contribution in [0.1, 0.15) is 65.7 Å². The van der Waals surface area contributed by atoms with Crippen LogP contribution in [0.3, 0.4) is 0 Å². The maximum atomic E-state index is 12.2. The number of hydrogen-bond acceptors (Lipinski definition) is 3. The summed E-state index contributed by atoms with van der Waals surface area (Å²) in [4.78, 5) is 24.3. The number of rotatable bonds is 5. The molecular weight excluding hydrogens is 326 g/mol. The summed E-state index contributed by atoms with van der Waals surface area (Å²) in [5, 5.41) is 2.99. The Bertz CT molecular complexity index is 780. The predicted molar refractivity (Wildman–Crippen MR) is 101 cm³/mol. The van der Waals surface area contributed by atoms with Gasteiger partial charge in [-0.15, -0.1) is 0 Å². The molecule has 3 rings (SSSR count). The molecule has 0 saturated heterocycles. The fourth-order valence-electron chi connectivity index (χ4n) is 3.36. The summed E-state index contributed by atoms with van der Waals surface area (Å²) in [5.74, 6) is -0.331. The lowest BCUT2D eigenvalue weighted by molar-refractivity contribution is -0.125. The van der Waals surface area contributed by atoms with Gasteiger partial charge in [0.1, 0.15) is 0 Å². The van der Waals surface area contributed by atoms with Crippen LogP contribution in [-0.2, 0) is 16.0 Å². The van der Waals surface area contributed by atoms with Crippen molar-refractivity contribution in [2.45, 2.75) is 45.1 Å². The fraction of sp³-hybridized carbons (Fsp3) is 0.364. The summed E-state index contributed by atoms with van der Waals surface area (Å²) < 4.78 is 5.17. The molecule has 2 aromatic carbocycles. The van der Waals surface area contributed by atoms with Crippen molar-refractivity contribution in [3.05, 3.63) is 70.8 Å². The molecule has 0 unspecified atom stereocenters. The highest BCUT2D eigenvalue weighted by molar-refractivity contribution is 5.91. The molecule has 0 fully saturated rings. The second-order valence-corrected chi connectivity index (χ2v) is 7.06. The van der Waals surface area contributed by atoms with Gasteiger partial charge in [-0.2, -0.15) is 0 Å². The van der Waals surface area contributed by atoms with E-state index in [1.54, 1.807) is 12.1 Å². The standard InChI is InChI=1S/C22H25NO3/c1-15(2)16-10-12-18(13-11-16)22(25)26-14-21(24)23-20-9-5-7-17-6-3-4-8-19(17)20/h3-4,6,8,10-13,15,20H,5,7,9,14H2,1-2H3,(H,23,24)/t20-/m1/s1. The quantitative estimate of drug-likeness (QED) is 0.823. The van der Waals surface area contributed by atoms with Crippen LogP contribution in [0.5, 0.6) is 0 Å². The van der Waals surface area contributed by atoms with Gasteiger partial charge in [0, 0.05) is 0 Å². The monoisotopic (exact) mass is 351 g/mol. The van der Waals surface area contributed by atoms with E-state index in [2.05, 4.69) is 31.3 Å². The van der Waals surface area contributed by atoms with Gasteiger partial charge in [0.15, 0.2) is 6.61 Å². The number of aryl methyl sites for hydroxylation is 1. The van der Waals surface area contributed by atoms with E-state index in [0.29, 0.717) is 11.5 Å². The molecule has 4 heteroatoms. The number of carbonyl (C=O) groups excluding carboxylic acids is 2. The molecule has 0 spiro atoms. The first-order chi connectivity index (χ1) is 12.5. The second kappa shape index (κ2) is 8.17. The normalized spacial score (nSPS) is 16.0. The number of hydrogen-bond donors (Lipinski definition) is 1. The first-order valence-electron chi connectivity index (χ1n) is 9.19. The number of ether oxygens (including phenoxy) is 1. The van der Waals surface area contributed by atoms with Crippen LogP contribution >= 0.6 is 0 Å². The Morgan fingerprint density at radius 2 is 1.85 bits per heavy atom. The third-order valence-electron chi connectivity index (χ3n) is 4.85. The van der Waals surface area contributed by atoms with Gasteiger partial charge in [0.05, 0.1) is 11.6 Å². The molecule has 1 aliphatic rings. The Morgan fingerprint density at radius 1 is 1.12 bits per heavy atom. The number of esters is 1. The van der Waals surface area contributed by atoms with Crippen molar-refractivity contribution in [1.29, 1.82) is 0 Å². The first kappa shape index (κ1) is 18.2. The number of nitrogens with one attached hydrogen (secondary N) is 1. The molecule has 0 saturated carbocycles. The van der Waals surface area contributed by atoms with Crippen molar-refractivity contribution in [2.75, 3.05) is 6.61 Å². The minimum atomic E-state index is -0.473. The topological polar surface area (TPSA) is 55.4 Å². The molecule has 0 heterocycles. The Hall–Kier alpha value is -2.62. The van der Waals surface area contributed by atoms with Gasteiger partial charge in [0.25, 0.3) is 5.91 Å². The van der Waals surface area contributed by atoms with E-state index in [1.165, 1.54) is 11.1 Å². The van der Waals surface area contributed by atoms with Crippen LogP contribution in [0.15, 0.2) is 48.5 Å². The van der Waals surface area contributed by atoms with E-state index < -0.39 is 5.97 Å². The highest BCUT2D eigenvalue weighted by atomic mass is 16.5. The van der Waals surface area contributed by atoms with Crippen molar-refractivity contribution >= 4 is 11.9 Å². The summed E-state index contributed by atoms with van der Waals surface area (Å²) in [5.41, 5.74) is 4.08. The zero-order valence-corrected chi connectivity index (χ0v) is 15.3. The number of fused-ring (bicyclic) bond motifs is 1. The van der Waals surface area contributed by atoms with E-state index in [-0.39, 0.29) is 18.6 Å². The molecule has 0 radical (unpaired) electrons. The van der Waals surface area contributed by atoms with Crippen molar-refractivity contribution in [3.8, 4) is 0 Å². The number of amides is 1. The van der Waals surface area contributed by atoms with E-state index >= 15 is 0 Å². The zero-order chi connectivity index (χ0) is 18.5. The molecule has 4 nitrogen and oxygen atoms in total. The third kappa shape index (κ3) is 4.31. The Labute approximate surface area is 154 Å². The van der Waals surface area contributed by atoms with Gasteiger partial charge in [-0.05, 0) is 54.0 Å². The van der Waals surface area contributed by atoms with Crippen LogP contribution < -0.4 is 5.32 Å². The number of carbonyl (C=O) groups is 2. The van der Waals surface area contributed by atoms with Gasteiger partial charge in [-0.25, -0.2) is 4.79 Å². The summed E-state index contributed by atoms with van der Waals surface area (Å²) in [6.07, 6.45) is 3.00. The van der Waals surface area contributed by atoms with E-state index in [9.17, 15) is 9.59 Å². The summed E-state index contributed by atoms with van der Waals surface area (Å²) in [6, 6.07) is 15.5. The van der Waals surface area contributed by atoms with Crippen molar-refractivity contribution in [1.82, 2.24) is 5.32 Å². The summed E-state index contributed by atoms with van der Waals surface area (Å²) >= 11 is 0. The SMILES string of the molecule is CC(C)c1ccc(C(=O)OCC(=O)N[C@@H]2CCCc3ccccc32)cc1. The van der Waals surface area contributed by atoms with Crippen molar-refractivity contribution < 1.29 is 14.3 Å². The molecule has 0 aliphatic heterocycles. The van der Waals surface area contributed by atoms with E-state index in [0.717, 1.165) is 24.8 Å². The van der Waals surface area contributed by atoms with Crippen LogP contribution in [0, 0.1) is 0 Å². The highest BCUT2D eigenvalue weighted by Gasteiger charge is 2.21. The molecule has 1 atom stereocenters. The maximum absolute atomic E-state index is 12.2. The Morgan fingerprint density at radius 3 is 2.58 bits per heavy atom. The highest BCUT2D eigenvalue weighted by Crippen LogP contribution is 2.29. The lowest BCUT2D eigenvalue weighted by atomic mass is 9.88. The smallest absolute Gasteiger partial charge is 0.338 e. The predicted octanol–water partition coefficient (Wildman–Crippen LogP) is 4.16.